The molecule has 2 rings (SSSR count). The van der Waals surface area contributed by atoms with Gasteiger partial charge in [0, 0.05) is 24.1 Å². The van der Waals surface area contributed by atoms with Gasteiger partial charge in [0.2, 0.25) is 0 Å². The van der Waals surface area contributed by atoms with Crippen molar-refractivity contribution in [3.05, 3.63) is 23.8 Å². The Bertz CT molecular complexity index is 391. The van der Waals surface area contributed by atoms with Crippen molar-refractivity contribution in [1.82, 2.24) is 5.32 Å². The van der Waals surface area contributed by atoms with Crippen LogP contribution in [0.4, 0.5) is 4.39 Å². The van der Waals surface area contributed by atoms with Crippen LogP contribution >= 0.6 is 0 Å². The van der Waals surface area contributed by atoms with Gasteiger partial charge in [-0.25, -0.2) is 4.39 Å². The summed E-state index contributed by atoms with van der Waals surface area (Å²) in [6, 6.07) is 5.27. The maximum Gasteiger partial charge on any atom is 0.133 e. The minimum absolute atomic E-state index is 0.0287. The molecule has 0 aliphatic carbocycles. The molecule has 0 saturated carbocycles. The smallest absolute Gasteiger partial charge is 0.133 e. The van der Waals surface area contributed by atoms with Gasteiger partial charge in [-0.2, -0.15) is 0 Å². The molecular formula is C14H20FNO2. The fraction of sp³-hybridized carbons (Fsp3) is 0.571. The minimum atomic E-state index is -0.987. The van der Waals surface area contributed by atoms with E-state index in [1.54, 1.807) is 32.4 Å². The lowest BCUT2D eigenvalue weighted by molar-refractivity contribution is 0.190. The Labute approximate surface area is 107 Å². The summed E-state index contributed by atoms with van der Waals surface area (Å²) in [6.07, 6.45) is 0.964. The average Bonchev–Trinajstić information content (AvgIpc) is 2.46. The standard InChI is InChI=1S/C14H20FNO2/c1-17-11-5-6-12(13(8-11)18-2)14(15)10-4-3-7-16-9-10/h5-6,8,10,14,16H,3-4,7,9H2,1-2H3. The second kappa shape index (κ2) is 6.05. The number of benzene rings is 1. The molecule has 0 spiro atoms. The Kier molecular flexibility index (Phi) is 4.42. The molecule has 1 aliphatic heterocycles. The van der Waals surface area contributed by atoms with E-state index in [-0.39, 0.29) is 5.92 Å². The minimum Gasteiger partial charge on any atom is -0.497 e. The van der Waals surface area contributed by atoms with Crippen molar-refractivity contribution in [3.63, 3.8) is 0 Å². The Morgan fingerprint density at radius 1 is 1.33 bits per heavy atom. The lowest BCUT2D eigenvalue weighted by atomic mass is 9.90. The summed E-state index contributed by atoms with van der Waals surface area (Å²) in [4.78, 5) is 0. The molecule has 1 saturated heterocycles. The zero-order valence-electron chi connectivity index (χ0n) is 10.9. The van der Waals surface area contributed by atoms with Gasteiger partial charge in [-0.15, -0.1) is 0 Å². The van der Waals surface area contributed by atoms with Crippen LogP contribution in [-0.2, 0) is 0 Å². The molecule has 1 heterocycles. The Morgan fingerprint density at radius 3 is 2.78 bits per heavy atom. The highest BCUT2D eigenvalue weighted by atomic mass is 19.1. The highest BCUT2D eigenvalue weighted by molar-refractivity contribution is 5.42. The summed E-state index contributed by atoms with van der Waals surface area (Å²) >= 11 is 0. The third-order valence-corrected chi connectivity index (χ3v) is 3.49. The number of rotatable bonds is 4. The molecule has 0 bridgehead atoms. The topological polar surface area (TPSA) is 30.5 Å². The zero-order chi connectivity index (χ0) is 13.0. The van der Waals surface area contributed by atoms with E-state index in [1.165, 1.54) is 0 Å². The van der Waals surface area contributed by atoms with E-state index in [1.807, 2.05) is 0 Å². The van der Waals surface area contributed by atoms with E-state index < -0.39 is 6.17 Å². The molecule has 3 nitrogen and oxygen atoms in total. The molecule has 4 heteroatoms. The average molecular weight is 253 g/mol. The molecule has 0 amide bonds. The molecule has 1 aromatic carbocycles. The van der Waals surface area contributed by atoms with Crippen LogP contribution in [0.15, 0.2) is 18.2 Å². The van der Waals surface area contributed by atoms with Crippen molar-refractivity contribution >= 4 is 0 Å². The molecule has 2 unspecified atom stereocenters. The van der Waals surface area contributed by atoms with Gasteiger partial charge in [0.15, 0.2) is 0 Å². The van der Waals surface area contributed by atoms with Crippen LogP contribution in [0.3, 0.4) is 0 Å². The van der Waals surface area contributed by atoms with Crippen molar-refractivity contribution in [3.8, 4) is 11.5 Å². The predicted octanol–water partition coefficient (Wildman–Crippen LogP) is 2.71. The van der Waals surface area contributed by atoms with Crippen molar-refractivity contribution in [2.75, 3.05) is 27.3 Å². The van der Waals surface area contributed by atoms with Crippen LogP contribution in [-0.4, -0.2) is 27.3 Å². The van der Waals surface area contributed by atoms with Gasteiger partial charge in [-0.05, 0) is 31.5 Å². The van der Waals surface area contributed by atoms with E-state index in [0.717, 1.165) is 25.9 Å². The summed E-state index contributed by atoms with van der Waals surface area (Å²) in [7, 11) is 3.15. The van der Waals surface area contributed by atoms with Gasteiger partial charge in [-0.1, -0.05) is 0 Å². The monoisotopic (exact) mass is 253 g/mol. The molecule has 0 radical (unpaired) electrons. The van der Waals surface area contributed by atoms with Gasteiger partial charge in [0.1, 0.15) is 17.7 Å². The fourth-order valence-corrected chi connectivity index (χ4v) is 2.43. The fourth-order valence-electron chi connectivity index (χ4n) is 2.43. The largest absolute Gasteiger partial charge is 0.497 e. The number of piperidine rings is 1. The van der Waals surface area contributed by atoms with Gasteiger partial charge in [0.25, 0.3) is 0 Å². The third-order valence-electron chi connectivity index (χ3n) is 3.49. The molecule has 1 fully saturated rings. The number of methoxy groups -OCH3 is 2. The highest BCUT2D eigenvalue weighted by Crippen LogP contribution is 2.37. The number of hydrogen-bond donors (Lipinski definition) is 1. The molecule has 18 heavy (non-hydrogen) atoms. The number of halogens is 1. The first-order valence-electron chi connectivity index (χ1n) is 6.33. The van der Waals surface area contributed by atoms with Crippen LogP contribution in [0, 0.1) is 5.92 Å². The second-order valence-corrected chi connectivity index (χ2v) is 4.62. The van der Waals surface area contributed by atoms with Gasteiger partial charge < -0.3 is 14.8 Å². The quantitative estimate of drug-likeness (QED) is 0.895. The summed E-state index contributed by atoms with van der Waals surface area (Å²) in [5.74, 6) is 1.28. The number of alkyl halides is 1. The molecule has 2 atom stereocenters. The Balaban J connectivity index is 2.20. The summed E-state index contributed by atoms with van der Waals surface area (Å²) < 4.78 is 24.9. The molecule has 0 aromatic heterocycles. The highest BCUT2D eigenvalue weighted by Gasteiger charge is 2.27. The van der Waals surface area contributed by atoms with Crippen molar-refractivity contribution in [2.45, 2.75) is 19.0 Å². The lowest BCUT2D eigenvalue weighted by Crippen LogP contribution is -2.32. The van der Waals surface area contributed by atoms with E-state index in [2.05, 4.69) is 5.32 Å². The van der Waals surface area contributed by atoms with Crippen molar-refractivity contribution in [2.24, 2.45) is 5.92 Å². The number of ether oxygens (including phenoxy) is 2. The molecule has 1 aliphatic rings. The third kappa shape index (κ3) is 2.75. The van der Waals surface area contributed by atoms with Gasteiger partial charge >= 0.3 is 0 Å². The van der Waals surface area contributed by atoms with Crippen LogP contribution in [0.1, 0.15) is 24.6 Å². The molecule has 1 aromatic rings. The molecule has 100 valence electrons. The first kappa shape index (κ1) is 13.1. The molecule has 1 N–H and O–H groups in total. The second-order valence-electron chi connectivity index (χ2n) is 4.62. The summed E-state index contributed by atoms with van der Waals surface area (Å²) in [6.45, 7) is 1.72. The Morgan fingerprint density at radius 2 is 2.17 bits per heavy atom. The Hall–Kier alpha value is -1.29. The number of nitrogens with one attached hydrogen (secondary N) is 1. The van der Waals surface area contributed by atoms with Crippen LogP contribution < -0.4 is 14.8 Å². The van der Waals surface area contributed by atoms with Gasteiger partial charge in [-0.3, -0.25) is 0 Å². The van der Waals surface area contributed by atoms with E-state index >= 15 is 0 Å². The lowest BCUT2D eigenvalue weighted by Gasteiger charge is -2.27. The maximum atomic E-state index is 14.5. The van der Waals surface area contributed by atoms with E-state index in [4.69, 9.17) is 9.47 Å². The molecular weight excluding hydrogens is 233 g/mol. The summed E-state index contributed by atoms with van der Waals surface area (Å²) in [5, 5.41) is 3.24. The normalized spacial score (nSPS) is 21.4. The van der Waals surface area contributed by atoms with Gasteiger partial charge in [0.05, 0.1) is 14.2 Å². The van der Waals surface area contributed by atoms with Crippen LogP contribution in [0.25, 0.3) is 0 Å². The first-order valence-corrected chi connectivity index (χ1v) is 6.33. The number of hydrogen-bond acceptors (Lipinski definition) is 3. The van der Waals surface area contributed by atoms with Crippen molar-refractivity contribution in [1.29, 1.82) is 0 Å². The van der Waals surface area contributed by atoms with Crippen molar-refractivity contribution < 1.29 is 13.9 Å². The maximum absolute atomic E-state index is 14.5. The zero-order valence-corrected chi connectivity index (χ0v) is 10.9. The van der Waals surface area contributed by atoms with Crippen LogP contribution in [0.5, 0.6) is 11.5 Å². The summed E-state index contributed by atoms with van der Waals surface area (Å²) in [5.41, 5.74) is 0.618. The predicted molar refractivity (Wildman–Crippen MR) is 69.0 cm³/mol. The van der Waals surface area contributed by atoms with Crippen LogP contribution in [0.2, 0.25) is 0 Å². The first-order chi connectivity index (χ1) is 8.76. The van der Waals surface area contributed by atoms with E-state index in [0.29, 0.717) is 17.1 Å². The SMILES string of the molecule is COc1ccc(C(F)C2CCCNC2)c(OC)c1. The van der Waals surface area contributed by atoms with E-state index in [9.17, 15) is 4.39 Å².